The van der Waals surface area contributed by atoms with E-state index in [4.69, 9.17) is 4.74 Å². The number of thiophene rings is 1. The van der Waals surface area contributed by atoms with Gasteiger partial charge in [-0.25, -0.2) is 4.39 Å². The Labute approximate surface area is 271 Å². The van der Waals surface area contributed by atoms with Gasteiger partial charge in [0.05, 0.1) is 28.7 Å². The van der Waals surface area contributed by atoms with Crippen molar-refractivity contribution in [3.63, 3.8) is 0 Å². The molecule has 4 aromatic rings. The average Bonchev–Trinajstić information content (AvgIpc) is 3.50. The van der Waals surface area contributed by atoms with E-state index in [1.165, 1.54) is 39.7 Å². The Kier molecular flexibility index (Phi) is 14.3. The molecule has 242 valence electrons. The molecule has 1 aliphatic heterocycles. The smallest absolute Gasteiger partial charge is 0.263 e. The molecule has 2 aromatic carbocycles. The van der Waals surface area contributed by atoms with Crippen LogP contribution in [0.3, 0.4) is 0 Å². The van der Waals surface area contributed by atoms with Gasteiger partial charge in [-0.05, 0) is 67.4 Å². The van der Waals surface area contributed by atoms with Crippen molar-refractivity contribution in [2.45, 2.75) is 25.0 Å². The Balaban J connectivity index is 0.000000389. The van der Waals surface area contributed by atoms with Crippen molar-refractivity contribution >= 4 is 57.7 Å². The van der Waals surface area contributed by atoms with Crippen molar-refractivity contribution in [3.05, 3.63) is 81.3 Å². The van der Waals surface area contributed by atoms with Gasteiger partial charge in [-0.2, -0.15) is 0 Å². The lowest BCUT2D eigenvalue weighted by Gasteiger charge is -2.26. The zero-order valence-electron chi connectivity index (χ0n) is 26.2. The second kappa shape index (κ2) is 18.2. The van der Waals surface area contributed by atoms with Crippen molar-refractivity contribution in [3.8, 4) is 5.69 Å². The summed E-state index contributed by atoms with van der Waals surface area (Å²) < 4.78 is 25.0. The lowest BCUT2D eigenvalue weighted by atomic mass is 10.1. The van der Waals surface area contributed by atoms with Crippen LogP contribution in [0.5, 0.6) is 0 Å². The maximum Gasteiger partial charge on any atom is 0.263 e. The van der Waals surface area contributed by atoms with E-state index in [1.54, 1.807) is 49.7 Å². The van der Waals surface area contributed by atoms with Gasteiger partial charge in [0.25, 0.3) is 11.5 Å². The predicted octanol–water partition coefficient (Wildman–Crippen LogP) is 5.11. The Morgan fingerprint density at radius 2 is 1.71 bits per heavy atom. The number of anilines is 2. The van der Waals surface area contributed by atoms with Crippen molar-refractivity contribution < 1.29 is 18.7 Å². The molecule has 1 fully saturated rings. The number of aromatic nitrogens is 1. The van der Waals surface area contributed by atoms with Gasteiger partial charge in [0.15, 0.2) is 0 Å². The van der Waals surface area contributed by atoms with Crippen LogP contribution in [0.4, 0.5) is 15.8 Å². The minimum Gasteiger partial charge on any atom is -0.388 e. The molecule has 2 aromatic heterocycles. The van der Waals surface area contributed by atoms with Crippen LogP contribution >= 0.6 is 23.3 Å². The number of morpholine rings is 1. The minimum absolute atomic E-state index is 0.0842. The van der Waals surface area contributed by atoms with Crippen LogP contribution in [-0.4, -0.2) is 75.3 Å². The maximum absolute atomic E-state index is 14.8. The van der Waals surface area contributed by atoms with Crippen molar-refractivity contribution in [2.24, 2.45) is 0 Å². The molecule has 4 N–H and O–H groups in total. The average molecular weight is 657 g/mol. The molecule has 0 radical (unpaired) electrons. The predicted molar refractivity (Wildman–Crippen MR) is 184 cm³/mol. The third-order valence-electron chi connectivity index (χ3n) is 6.79. The lowest BCUT2D eigenvalue weighted by molar-refractivity contribution is -0.107. The molecule has 45 heavy (non-hydrogen) atoms. The van der Waals surface area contributed by atoms with Crippen molar-refractivity contribution in [1.29, 1.82) is 0 Å². The van der Waals surface area contributed by atoms with E-state index in [2.05, 4.69) is 25.6 Å². The number of fused-ring (bicyclic) bond motifs is 1. The minimum atomic E-state index is -0.561. The highest BCUT2D eigenvalue weighted by Crippen LogP contribution is 2.25. The Morgan fingerprint density at radius 1 is 1.02 bits per heavy atom. The Bertz CT molecular complexity index is 1620. The molecule has 1 saturated heterocycles. The van der Waals surface area contributed by atoms with Gasteiger partial charge < -0.3 is 20.7 Å². The quantitative estimate of drug-likeness (QED) is 0.138. The molecule has 1 aliphatic rings. The maximum atomic E-state index is 14.8. The van der Waals surface area contributed by atoms with Crippen molar-refractivity contribution in [2.75, 3.05) is 64.1 Å². The number of aryl methyl sites for hydroxylation is 1. The number of pyridine rings is 1. The zero-order chi connectivity index (χ0) is 32.8. The fourth-order valence-electron chi connectivity index (χ4n) is 4.51. The fourth-order valence-corrected chi connectivity index (χ4v) is 6.11. The molecular weight excluding hydrogens is 616 g/mol. The Morgan fingerprint density at radius 3 is 2.33 bits per heavy atom. The van der Waals surface area contributed by atoms with Crippen LogP contribution in [0, 0.1) is 12.7 Å². The molecule has 10 nitrogen and oxygen atoms in total. The number of carbonyl (C=O) groups is 2. The van der Waals surface area contributed by atoms with Gasteiger partial charge in [0.2, 0.25) is 6.41 Å². The number of nitrogens with zero attached hydrogens (tertiary/aromatic N) is 2. The molecular formula is C32H41FN6O4S2. The van der Waals surface area contributed by atoms with E-state index in [0.29, 0.717) is 54.7 Å². The fraction of sp³-hybridized carbons (Fsp3) is 0.344. The van der Waals surface area contributed by atoms with Crippen LogP contribution in [-0.2, 0) is 9.53 Å². The highest BCUT2D eigenvalue weighted by atomic mass is 32.2. The van der Waals surface area contributed by atoms with Crippen LogP contribution < -0.4 is 26.2 Å². The van der Waals surface area contributed by atoms with Gasteiger partial charge in [0.1, 0.15) is 5.82 Å². The van der Waals surface area contributed by atoms with Gasteiger partial charge in [-0.15, -0.1) is 11.3 Å². The third kappa shape index (κ3) is 9.79. The largest absolute Gasteiger partial charge is 0.388 e. The van der Waals surface area contributed by atoms with Crippen LogP contribution in [0.15, 0.2) is 63.7 Å². The summed E-state index contributed by atoms with van der Waals surface area (Å²) in [6.45, 7) is 10.2. The van der Waals surface area contributed by atoms with E-state index in [9.17, 15) is 18.8 Å². The summed E-state index contributed by atoms with van der Waals surface area (Å²) in [7, 11) is 3.46. The third-order valence-corrected chi connectivity index (χ3v) is 8.63. The van der Waals surface area contributed by atoms with E-state index >= 15 is 0 Å². The first-order valence-corrected chi connectivity index (χ1v) is 16.3. The van der Waals surface area contributed by atoms with Gasteiger partial charge in [-0.3, -0.25) is 28.6 Å². The number of carbonyl (C=O) groups excluding carboxylic acids is 2. The number of ether oxygens (including phenoxy) is 1. The monoisotopic (exact) mass is 656 g/mol. The first-order chi connectivity index (χ1) is 21.8. The SMILES string of the molecule is CC.CNc1ccc(-n2cc(C(=O)NCCN3CCOCC3)c3cc(NC)ccc3c2=O)c(F)c1.Cc1ccc(SNC=O)s1. The number of benzene rings is 2. The van der Waals surface area contributed by atoms with Crippen molar-refractivity contribution in [1.82, 2.24) is 19.5 Å². The first kappa shape index (κ1) is 35.6. The summed E-state index contributed by atoms with van der Waals surface area (Å²) in [5.41, 5.74) is 1.35. The topological polar surface area (TPSA) is 117 Å². The van der Waals surface area contributed by atoms with Crippen LogP contribution in [0.2, 0.25) is 0 Å². The number of hydrogen-bond acceptors (Lipinski definition) is 9. The molecule has 0 saturated carbocycles. The van der Waals surface area contributed by atoms with E-state index in [-0.39, 0.29) is 11.6 Å². The summed E-state index contributed by atoms with van der Waals surface area (Å²) in [5, 5.41) is 9.70. The number of rotatable bonds is 10. The molecule has 0 bridgehead atoms. The molecule has 3 heterocycles. The normalized spacial score (nSPS) is 12.7. The molecule has 2 amide bonds. The molecule has 0 spiro atoms. The van der Waals surface area contributed by atoms with E-state index in [0.717, 1.165) is 23.0 Å². The zero-order valence-corrected chi connectivity index (χ0v) is 27.9. The summed E-state index contributed by atoms with van der Waals surface area (Å²) in [5.74, 6) is -0.878. The van der Waals surface area contributed by atoms with Crippen LogP contribution in [0.25, 0.3) is 16.5 Å². The first-order valence-electron chi connectivity index (χ1n) is 14.7. The highest BCUT2D eigenvalue weighted by molar-refractivity contribution is 7.99. The number of halogens is 1. The second-order valence-corrected chi connectivity index (χ2v) is 12.0. The highest BCUT2D eigenvalue weighted by Gasteiger charge is 2.18. The number of amides is 2. The standard InChI is InChI=1S/C24H28FN5O3.C6H7NOS2.C2H6/c1-26-16-3-5-18-19(13-16)20(23(31)28-7-8-29-9-11-33-12-10-29)15-30(24(18)32)22-6-4-17(27-2)14-21(22)25;1-5-2-3-6(9-5)10-7-4-8;1-2/h3-6,13-15,26-27H,7-12H2,1-2H3,(H,28,31);2-4H,1H3,(H,7,8);1-2H3. The molecule has 0 unspecified atom stereocenters. The van der Waals surface area contributed by atoms with E-state index in [1.807, 2.05) is 32.9 Å². The molecule has 0 atom stereocenters. The molecule has 13 heteroatoms. The van der Waals surface area contributed by atoms with E-state index < -0.39 is 11.4 Å². The Hall–Kier alpha value is -3.91. The number of nitrogens with one attached hydrogen (secondary N) is 4. The second-order valence-electron chi connectivity index (χ2n) is 9.56. The molecule has 5 rings (SSSR count). The van der Waals surface area contributed by atoms with Crippen LogP contribution in [0.1, 0.15) is 29.1 Å². The summed E-state index contributed by atoms with van der Waals surface area (Å²) in [6, 6.07) is 13.7. The summed E-state index contributed by atoms with van der Waals surface area (Å²) >= 11 is 3.01. The number of hydrogen-bond donors (Lipinski definition) is 4. The van der Waals surface area contributed by atoms with Gasteiger partial charge in [0, 0.05) is 73.5 Å². The lowest BCUT2D eigenvalue weighted by Crippen LogP contribution is -2.41. The summed E-state index contributed by atoms with van der Waals surface area (Å²) in [4.78, 5) is 39.8. The summed E-state index contributed by atoms with van der Waals surface area (Å²) in [6.07, 6.45) is 2.10. The van der Waals surface area contributed by atoms with Gasteiger partial charge in [-0.1, -0.05) is 13.8 Å². The molecule has 0 aliphatic carbocycles. The van der Waals surface area contributed by atoms with Gasteiger partial charge >= 0.3 is 0 Å².